The minimum Gasteiger partial charge on any atom is -0.383 e. The molecule has 0 radical (unpaired) electrons. The lowest BCUT2D eigenvalue weighted by Crippen LogP contribution is -2.10. The van der Waals surface area contributed by atoms with Crippen LogP contribution in [0.15, 0.2) is 30.3 Å². The molecule has 0 aliphatic heterocycles. The Morgan fingerprint density at radius 3 is 2.82 bits per heavy atom. The zero-order valence-electron chi connectivity index (χ0n) is 12.5. The summed E-state index contributed by atoms with van der Waals surface area (Å²) in [5.74, 6) is 1.98. The molecule has 4 rings (SSSR count). The monoisotopic (exact) mass is 310 g/mol. The summed E-state index contributed by atoms with van der Waals surface area (Å²) >= 11 is 1.73. The van der Waals surface area contributed by atoms with Crippen molar-refractivity contribution in [2.75, 3.05) is 17.6 Å². The van der Waals surface area contributed by atoms with Gasteiger partial charge in [-0.05, 0) is 43.2 Å². The first-order valence-corrected chi connectivity index (χ1v) is 8.39. The summed E-state index contributed by atoms with van der Waals surface area (Å²) in [6.07, 6.45) is 2.61. The lowest BCUT2D eigenvalue weighted by molar-refractivity contribution is 0.872. The van der Waals surface area contributed by atoms with Crippen molar-refractivity contribution in [2.24, 2.45) is 5.92 Å². The van der Waals surface area contributed by atoms with Crippen LogP contribution >= 0.6 is 11.3 Å². The Morgan fingerprint density at radius 1 is 1.27 bits per heavy atom. The number of rotatable bonds is 4. The molecular weight excluding hydrogens is 292 g/mol. The van der Waals surface area contributed by atoms with Crippen LogP contribution in [0.4, 0.5) is 11.8 Å². The van der Waals surface area contributed by atoms with E-state index in [9.17, 15) is 0 Å². The van der Waals surface area contributed by atoms with Gasteiger partial charge in [0.05, 0.1) is 11.3 Å². The van der Waals surface area contributed by atoms with Gasteiger partial charge in [0.15, 0.2) is 0 Å². The minimum atomic E-state index is 0.553. The molecule has 1 aliphatic carbocycles. The number of aryl methyl sites for hydroxylation is 1. The molecule has 0 spiro atoms. The fourth-order valence-corrected chi connectivity index (χ4v) is 3.81. The van der Waals surface area contributed by atoms with E-state index in [0.717, 1.165) is 28.6 Å². The summed E-state index contributed by atoms with van der Waals surface area (Å²) in [7, 11) is 0. The Balaban J connectivity index is 1.70. The number of nitrogen functional groups attached to an aromatic ring is 1. The maximum Gasteiger partial charge on any atom is 0.224 e. The molecule has 4 nitrogen and oxygen atoms in total. The molecule has 0 unspecified atom stereocenters. The van der Waals surface area contributed by atoms with Gasteiger partial charge in [0.1, 0.15) is 5.82 Å². The highest BCUT2D eigenvalue weighted by Gasteiger charge is 2.21. The largest absolute Gasteiger partial charge is 0.383 e. The van der Waals surface area contributed by atoms with E-state index in [1.807, 2.05) is 6.92 Å². The number of thiophene rings is 1. The molecule has 2 heterocycles. The third-order valence-corrected chi connectivity index (χ3v) is 5.17. The maximum atomic E-state index is 6.21. The molecule has 3 N–H and O–H groups in total. The maximum absolute atomic E-state index is 6.21. The van der Waals surface area contributed by atoms with Crippen LogP contribution in [0, 0.1) is 12.8 Å². The summed E-state index contributed by atoms with van der Waals surface area (Å²) < 4.78 is 1.26. The van der Waals surface area contributed by atoms with Crippen molar-refractivity contribution in [3.05, 3.63) is 36.0 Å². The molecule has 2 aromatic heterocycles. The van der Waals surface area contributed by atoms with E-state index in [1.54, 1.807) is 11.3 Å². The number of hydrogen-bond acceptors (Lipinski definition) is 5. The van der Waals surface area contributed by atoms with Gasteiger partial charge in [-0.2, -0.15) is 4.98 Å². The quantitative estimate of drug-likeness (QED) is 0.762. The Morgan fingerprint density at radius 2 is 2.09 bits per heavy atom. The second kappa shape index (κ2) is 5.25. The van der Waals surface area contributed by atoms with Gasteiger partial charge in [-0.15, -0.1) is 11.3 Å². The first-order valence-electron chi connectivity index (χ1n) is 7.57. The molecule has 1 aromatic carbocycles. The van der Waals surface area contributed by atoms with E-state index in [0.29, 0.717) is 11.8 Å². The van der Waals surface area contributed by atoms with Gasteiger partial charge in [0.25, 0.3) is 0 Å². The Kier molecular flexibility index (Phi) is 3.22. The molecule has 0 bridgehead atoms. The number of fused-ring (bicyclic) bond motifs is 1. The number of nitrogens with zero attached hydrogens (tertiary/aromatic N) is 2. The van der Waals surface area contributed by atoms with Crippen molar-refractivity contribution in [1.82, 2.24) is 9.97 Å². The molecule has 22 heavy (non-hydrogen) atoms. The summed E-state index contributed by atoms with van der Waals surface area (Å²) in [6.45, 7) is 2.95. The van der Waals surface area contributed by atoms with Crippen molar-refractivity contribution in [1.29, 1.82) is 0 Å². The molecule has 1 aliphatic rings. The number of benzene rings is 1. The molecular formula is C17H18N4S. The van der Waals surface area contributed by atoms with Crippen LogP contribution in [0.3, 0.4) is 0 Å². The topological polar surface area (TPSA) is 63.8 Å². The van der Waals surface area contributed by atoms with Crippen LogP contribution in [0.1, 0.15) is 18.5 Å². The van der Waals surface area contributed by atoms with Gasteiger partial charge in [0.2, 0.25) is 5.95 Å². The fraction of sp³-hybridized carbons (Fsp3) is 0.294. The predicted molar refractivity (Wildman–Crippen MR) is 93.2 cm³/mol. The van der Waals surface area contributed by atoms with E-state index in [4.69, 9.17) is 5.73 Å². The first kappa shape index (κ1) is 13.5. The second-order valence-corrected chi connectivity index (χ2v) is 6.95. The molecule has 1 fully saturated rings. The van der Waals surface area contributed by atoms with Crippen LogP contribution in [-0.2, 0) is 0 Å². The SMILES string of the molecule is Cc1nc(NCC2CC2)nc(N)c1-c1cc2ccccc2s1. The Bertz CT molecular complexity index is 780. The van der Waals surface area contributed by atoms with E-state index < -0.39 is 0 Å². The number of nitrogens with two attached hydrogens (primary N) is 1. The van der Waals surface area contributed by atoms with Crippen LogP contribution in [0.2, 0.25) is 0 Å². The van der Waals surface area contributed by atoms with Gasteiger partial charge < -0.3 is 11.1 Å². The Hall–Kier alpha value is -2.14. The number of hydrogen-bond donors (Lipinski definition) is 2. The smallest absolute Gasteiger partial charge is 0.224 e. The highest BCUT2D eigenvalue weighted by Crippen LogP contribution is 2.37. The average Bonchev–Trinajstić information content (AvgIpc) is 3.22. The van der Waals surface area contributed by atoms with Gasteiger partial charge in [-0.25, -0.2) is 4.98 Å². The molecule has 5 heteroatoms. The zero-order valence-corrected chi connectivity index (χ0v) is 13.3. The van der Waals surface area contributed by atoms with Crippen molar-refractivity contribution in [3.63, 3.8) is 0 Å². The molecule has 0 amide bonds. The van der Waals surface area contributed by atoms with Crippen LogP contribution in [0.25, 0.3) is 20.5 Å². The third-order valence-electron chi connectivity index (χ3n) is 4.04. The van der Waals surface area contributed by atoms with E-state index in [2.05, 4.69) is 45.6 Å². The average molecular weight is 310 g/mol. The predicted octanol–water partition coefficient (Wildman–Crippen LogP) is 4.07. The van der Waals surface area contributed by atoms with Crippen molar-refractivity contribution in [3.8, 4) is 10.4 Å². The lowest BCUT2D eigenvalue weighted by Gasteiger charge is -2.10. The summed E-state index contributed by atoms with van der Waals surface area (Å²) in [4.78, 5) is 10.2. The fourth-order valence-electron chi connectivity index (χ4n) is 2.64. The van der Waals surface area contributed by atoms with Crippen molar-refractivity contribution >= 4 is 33.2 Å². The summed E-state index contributed by atoms with van der Waals surface area (Å²) in [6, 6.07) is 10.5. The highest BCUT2D eigenvalue weighted by molar-refractivity contribution is 7.22. The van der Waals surface area contributed by atoms with Crippen LogP contribution in [0.5, 0.6) is 0 Å². The van der Waals surface area contributed by atoms with Crippen molar-refractivity contribution in [2.45, 2.75) is 19.8 Å². The van der Waals surface area contributed by atoms with Gasteiger partial charge in [0, 0.05) is 16.1 Å². The third kappa shape index (κ3) is 2.52. The summed E-state index contributed by atoms with van der Waals surface area (Å²) in [5, 5.41) is 4.53. The van der Waals surface area contributed by atoms with Gasteiger partial charge in [-0.3, -0.25) is 0 Å². The van der Waals surface area contributed by atoms with E-state index in [-0.39, 0.29) is 0 Å². The molecule has 3 aromatic rings. The van der Waals surface area contributed by atoms with Gasteiger partial charge >= 0.3 is 0 Å². The standard InChI is InChI=1S/C17H18N4S/c1-10-15(14-8-12-4-2-3-5-13(12)22-14)16(18)21-17(20-10)19-9-11-6-7-11/h2-5,8,11H,6-7,9H2,1H3,(H3,18,19,20,21). The van der Waals surface area contributed by atoms with Gasteiger partial charge in [-0.1, -0.05) is 18.2 Å². The zero-order chi connectivity index (χ0) is 15.1. The minimum absolute atomic E-state index is 0.553. The molecule has 0 saturated heterocycles. The van der Waals surface area contributed by atoms with Crippen LogP contribution in [-0.4, -0.2) is 16.5 Å². The van der Waals surface area contributed by atoms with E-state index >= 15 is 0 Å². The number of nitrogens with one attached hydrogen (secondary N) is 1. The molecule has 0 atom stereocenters. The molecule has 1 saturated carbocycles. The lowest BCUT2D eigenvalue weighted by atomic mass is 10.1. The normalized spacial score (nSPS) is 14.4. The first-order chi connectivity index (χ1) is 10.7. The number of anilines is 2. The van der Waals surface area contributed by atoms with Crippen molar-refractivity contribution < 1.29 is 0 Å². The van der Waals surface area contributed by atoms with E-state index in [1.165, 1.54) is 22.9 Å². The molecule has 112 valence electrons. The number of aromatic nitrogens is 2. The van der Waals surface area contributed by atoms with Crippen LogP contribution < -0.4 is 11.1 Å². The highest BCUT2D eigenvalue weighted by atomic mass is 32.1. The second-order valence-electron chi connectivity index (χ2n) is 5.87. The summed E-state index contributed by atoms with van der Waals surface area (Å²) in [5.41, 5.74) is 8.10. The Labute approximate surface area is 133 Å².